The van der Waals surface area contributed by atoms with Crippen molar-refractivity contribution in [1.82, 2.24) is 14.8 Å². The molecule has 5 nitrogen and oxygen atoms in total. The molecule has 1 aromatic heterocycles. The topological polar surface area (TPSA) is 59.8 Å². The lowest BCUT2D eigenvalue weighted by atomic mass is 10.1. The molecule has 0 unspecified atom stereocenters. The normalized spacial score (nSPS) is 10.8. The summed E-state index contributed by atoms with van der Waals surface area (Å²) in [7, 11) is 1.92. The second-order valence-corrected chi connectivity index (χ2v) is 7.26. The van der Waals surface area contributed by atoms with E-state index in [1.165, 1.54) is 17.3 Å². The predicted molar refractivity (Wildman–Crippen MR) is 106 cm³/mol. The average Bonchev–Trinajstić information content (AvgIpc) is 2.99. The van der Waals surface area contributed by atoms with Crippen molar-refractivity contribution in [3.63, 3.8) is 0 Å². The molecule has 6 heteroatoms. The molecular formula is C20H22N4OS. The van der Waals surface area contributed by atoms with Crippen LogP contribution in [0.2, 0.25) is 0 Å². The van der Waals surface area contributed by atoms with E-state index in [1.807, 2.05) is 55.8 Å². The fourth-order valence-electron chi connectivity index (χ4n) is 2.60. The maximum absolute atomic E-state index is 12.3. The van der Waals surface area contributed by atoms with Gasteiger partial charge in [-0.2, -0.15) is 0 Å². The highest BCUT2D eigenvalue weighted by molar-refractivity contribution is 7.99. The van der Waals surface area contributed by atoms with E-state index in [1.54, 1.807) is 0 Å². The van der Waals surface area contributed by atoms with Crippen molar-refractivity contribution in [2.75, 3.05) is 11.1 Å². The first-order valence-electron chi connectivity index (χ1n) is 8.41. The summed E-state index contributed by atoms with van der Waals surface area (Å²) >= 11 is 1.38. The van der Waals surface area contributed by atoms with Gasteiger partial charge in [-0.3, -0.25) is 4.79 Å². The maximum Gasteiger partial charge on any atom is 0.234 e. The van der Waals surface area contributed by atoms with Crippen LogP contribution < -0.4 is 5.32 Å². The van der Waals surface area contributed by atoms with Gasteiger partial charge in [-0.1, -0.05) is 53.7 Å². The molecule has 1 N–H and O–H groups in total. The van der Waals surface area contributed by atoms with Gasteiger partial charge >= 0.3 is 0 Å². The van der Waals surface area contributed by atoms with Crippen LogP contribution in [0.1, 0.15) is 16.7 Å². The van der Waals surface area contributed by atoms with Crippen LogP contribution >= 0.6 is 11.8 Å². The molecule has 0 bridgehead atoms. The molecule has 0 atom stereocenters. The summed E-state index contributed by atoms with van der Waals surface area (Å²) < 4.78 is 1.92. The van der Waals surface area contributed by atoms with E-state index in [4.69, 9.17) is 0 Å². The number of nitrogens with one attached hydrogen (secondary N) is 1. The second kappa shape index (κ2) is 7.74. The number of carbonyl (C=O) groups is 1. The quantitative estimate of drug-likeness (QED) is 0.690. The molecule has 0 aliphatic rings. The van der Waals surface area contributed by atoms with Gasteiger partial charge in [0.05, 0.1) is 5.75 Å². The minimum atomic E-state index is -0.0522. The average molecular weight is 366 g/mol. The van der Waals surface area contributed by atoms with Crippen LogP contribution in [-0.4, -0.2) is 26.4 Å². The molecule has 1 heterocycles. The number of aromatic nitrogens is 3. The van der Waals surface area contributed by atoms with Crippen LogP contribution in [0.15, 0.2) is 47.6 Å². The van der Waals surface area contributed by atoms with Gasteiger partial charge in [-0.05, 0) is 38.0 Å². The molecule has 2 aromatic carbocycles. The molecule has 0 spiro atoms. The van der Waals surface area contributed by atoms with Crippen LogP contribution in [0.25, 0.3) is 11.4 Å². The number of aryl methyl sites for hydroxylation is 2. The highest BCUT2D eigenvalue weighted by Crippen LogP contribution is 2.23. The first-order chi connectivity index (χ1) is 12.5. The van der Waals surface area contributed by atoms with Crippen molar-refractivity contribution < 1.29 is 4.79 Å². The molecule has 26 heavy (non-hydrogen) atoms. The van der Waals surface area contributed by atoms with Crippen LogP contribution in [-0.2, 0) is 11.8 Å². The second-order valence-electron chi connectivity index (χ2n) is 6.32. The molecule has 3 rings (SSSR count). The van der Waals surface area contributed by atoms with Gasteiger partial charge < -0.3 is 9.88 Å². The number of thioether (sulfide) groups is 1. The number of benzene rings is 2. The summed E-state index contributed by atoms with van der Waals surface area (Å²) in [6, 6.07) is 14.1. The molecule has 0 saturated heterocycles. The highest BCUT2D eigenvalue weighted by Gasteiger charge is 2.13. The Hall–Kier alpha value is -2.60. The Morgan fingerprint density at radius 1 is 1.08 bits per heavy atom. The van der Waals surface area contributed by atoms with Crippen molar-refractivity contribution in [2.24, 2.45) is 7.05 Å². The number of carbonyl (C=O) groups excluding carboxylic acids is 1. The molecule has 0 saturated carbocycles. The summed E-state index contributed by atoms with van der Waals surface area (Å²) in [4.78, 5) is 12.3. The zero-order valence-electron chi connectivity index (χ0n) is 15.4. The maximum atomic E-state index is 12.3. The van der Waals surface area contributed by atoms with Crippen LogP contribution in [0, 0.1) is 20.8 Å². The third-order valence-electron chi connectivity index (χ3n) is 4.36. The molecule has 0 radical (unpaired) electrons. The van der Waals surface area contributed by atoms with Crippen LogP contribution in [0.3, 0.4) is 0 Å². The molecular weight excluding hydrogens is 344 g/mol. The van der Waals surface area contributed by atoms with Crippen molar-refractivity contribution in [3.8, 4) is 11.4 Å². The highest BCUT2D eigenvalue weighted by atomic mass is 32.2. The molecule has 1 amide bonds. The summed E-state index contributed by atoms with van der Waals surface area (Å²) in [5.41, 5.74) is 5.32. The van der Waals surface area contributed by atoms with Crippen LogP contribution in [0.4, 0.5) is 5.69 Å². The Bertz CT molecular complexity index is 931. The monoisotopic (exact) mass is 366 g/mol. The van der Waals surface area contributed by atoms with E-state index in [9.17, 15) is 4.79 Å². The standard InChI is InChI=1S/C20H22N4OS/c1-13-8-10-16(11-9-13)19-22-23-20(24(19)4)26-12-18(25)21-17-7-5-6-14(2)15(17)3/h5-11H,12H2,1-4H3,(H,21,25). The minimum absolute atomic E-state index is 0.0522. The van der Waals surface area contributed by atoms with Gasteiger partial charge in [0.1, 0.15) is 0 Å². The summed E-state index contributed by atoms with van der Waals surface area (Å²) in [6.07, 6.45) is 0. The Morgan fingerprint density at radius 2 is 1.81 bits per heavy atom. The van der Waals surface area contributed by atoms with E-state index >= 15 is 0 Å². The van der Waals surface area contributed by atoms with Gasteiger partial charge in [0.2, 0.25) is 5.91 Å². The predicted octanol–water partition coefficient (Wildman–Crippen LogP) is 4.14. The van der Waals surface area contributed by atoms with Crippen molar-refractivity contribution in [1.29, 1.82) is 0 Å². The third kappa shape index (κ3) is 3.96. The van der Waals surface area contributed by atoms with Crippen molar-refractivity contribution in [3.05, 3.63) is 59.2 Å². The number of amides is 1. The summed E-state index contributed by atoms with van der Waals surface area (Å²) in [5, 5.41) is 12.2. The lowest BCUT2D eigenvalue weighted by molar-refractivity contribution is -0.113. The van der Waals surface area contributed by atoms with E-state index in [-0.39, 0.29) is 11.7 Å². The van der Waals surface area contributed by atoms with Gasteiger partial charge in [-0.15, -0.1) is 10.2 Å². The lowest BCUT2D eigenvalue weighted by Gasteiger charge is -2.10. The molecule has 0 aliphatic carbocycles. The molecule has 134 valence electrons. The number of nitrogens with zero attached hydrogens (tertiary/aromatic N) is 3. The summed E-state index contributed by atoms with van der Waals surface area (Å²) in [5.74, 6) is 1.03. The Balaban J connectivity index is 1.66. The zero-order valence-corrected chi connectivity index (χ0v) is 16.2. The van der Waals surface area contributed by atoms with Crippen molar-refractivity contribution in [2.45, 2.75) is 25.9 Å². The van der Waals surface area contributed by atoms with E-state index in [0.29, 0.717) is 0 Å². The van der Waals surface area contributed by atoms with Gasteiger partial charge in [0.15, 0.2) is 11.0 Å². The van der Waals surface area contributed by atoms with Gasteiger partial charge in [0.25, 0.3) is 0 Å². The van der Waals surface area contributed by atoms with Crippen LogP contribution in [0.5, 0.6) is 0 Å². The number of anilines is 1. The minimum Gasteiger partial charge on any atom is -0.325 e. The number of rotatable bonds is 5. The van der Waals surface area contributed by atoms with E-state index in [2.05, 4.69) is 34.6 Å². The Kier molecular flexibility index (Phi) is 5.42. The first-order valence-corrected chi connectivity index (χ1v) is 9.39. The molecule has 3 aromatic rings. The lowest BCUT2D eigenvalue weighted by Crippen LogP contribution is -2.15. The van der Waals surface area contributed by atoms with Gasteiger partial charge in [-0.25, -0.2) is 0 Å². The first kappa shape index (κ1) is 18.2. The molecule has 0 fully saturated rings. The number of hydrogen-bond acceptors (Lipinski definition) is 4. The van der Waals surface area contributed by atoms with Gasteiger partial charge in [0, 0.05) is 18.3 Å². The number of hydrogen-bond donors (Lipinski definition) is 1. The van der Waals surface area contributed by atoms with E-state index < -0.39 is 0 Å². The third-order valence-corrected chi connectivity index (χ3v) is 5.38. The fourth-order valence-corrected chi connectivity index (χ4v) is 3.31. The van der Waals surface area contributed by atoms with Crippen molar-refractivity contribution >= 4 is 23.4 Å². The Labute approximate surface area is 157 Å². The van der Waals surface area contributed by atoms with E-state index in [0.717, 1.165) is 33.4 Å². The fraction of sp³-hybridized carbons (Fsp3) is 0.250. The Morgan fingerprint density at radius 3 is 2.54 bits per heavy atom. The summed E-state index contributed by atoms with van der Waals surface area (Å²) in [6.45, 7) is 6.09. The zero-order chi connectivity index (χ0) is 18.7. The molecule has 0 aliphatic heterocycles. The smallest absolute Gasteiger partial charge is 0.234 e. The largest absolute Gasteiger partial charge is 0.325 e. The SMILES string of the molecule is Cc1ccc(-c2nnc(SCC(=O)Nc3cccc(C)c3C)n2C)cc1.